The molecule has 1 aliphatic carbocycles. The van der Waals surface area contributed by atoms with Crippen LogP contribution < -0.4 is 0 Å². The molecule has 0 saturated carbocycles. The second-order valence-electron chi connectivity index (χ2n) is 8.06. The minimum Gasteiger partial charge on any atom is -0.507 e. The van der Waals surface area contributed by atoms with Gasteiger partial charge in [0.15, 0.2) is 17.9 Å². The lowest BCUT2D eigenvalue weighted by Crippen LogP contribution is -2.40. The second kappa shape index (κ2) is 8.37. The summed E-state index contributed by atoms with van der Waals surface area (Å²) in [7, 11) is 0. The molecule has 0 radical (unpaired) electrons. The van der Waals surface area contributed by atoms with Crippen LogP contribution >= 0.6 is 0 Å². The van der Waals surface area contributed by atoms with Gasteiger partial charge < -0.3 is 24.4 Å². The maximum absolute atomic E-state index is 13.0. The molecule has 1 heterocycles. The first-order valence-corrected chi connectivity index (χ1v) is 10.4. The van der Waals surface area contributed by atoms with E-state index in [1.807, 2.05) is 0 Å². The molecule has 168 valence electrons. The van der Waals surface area contributed by atoms with Gasteiger partial charge in [-0.05, 0) is 26.3 Å². The van der Waals surface area contributed by atoms with E-state index in [4.69, 9.17) is 14.2 Å². The molecule has 1 saturated heterocycles. The lowest BCUT2D eigenvalue weighted by molar-refractivity contribution is -0.238. The Hall–Kier alpha value is -3.23. The highest BCUT2D eigenvalue weighted by atomic mass is 16.7. The number of benzene rings is 2. The first-order valence-electron chi connectivity index (χ1n) is 10.4. The van der Waals surface area contributed by atoms with Crippen LogP contribution in [0.25, 0.3) is 0 Å². The van der Waals surface area contributed by atoms with Crippen molar-refractivity contribution in [2.24, 2.45) is 0 Å². The number of hydrogen-bond acceptors (Lipinski definition) is 8. The maximum Gasteiger partial charge on any atom is 0.302 e. The molecule has 2 aromatic carbocycles. The molecule has 8 nitrogen and oxygen atoms in total. The Labute approximate surface area is 184 Å². The molecule has 2 aromatic rings. The number of fused-ring (bicyclic) bond motifs is 2. The highest BCUT2D eigenvalue weighted by Crippen LogP contribution is 2.43. The highest BCUT2D eigenvalue weighted by Gasteiger charge is 2.37. The van der Waals surface area contributed by atoms with Crippen molar-refractivity contribution in [3.8, 4) is 11.5 Å². The van der Waals surface area contributed by atoms with E-state index >= 15 is 0 Å². The molecule has 1 fully saturated rings. The number of esters is 1. The maximum atomic E-state index is 13.0. The highest BCUT2D eigenvalue weighted by molar-refractivity contribution is 6.30. The number of rotatable bonds is 4. The van der Waals surface area contributed by atoms with Crippen molar-refractivity contribution < 1.29 is 38.8 Å². The van der Waals surface area contributed by atoms with Crippen molar-refractivity contribution in [2.45, 2.75) is 58.2 Å². The zero-order valence-electron chi connectivity index (χ0n) is 18.0. The predicted molar refractivity (Wildman–Crippen MR) is 112 cm³/mol. The molecule has 0 unspecified atom stereocenters. The number of hydrogen-bond donors (Lipinski definition) is 2. The third-order valence-corrected chi connectivity index (χ3v) is 5.87. The molecule has 0 aromatic heterocycles. The van der Waals surface area contributed by atoms with Gasteiger partial charge >= 0.3 is 5.97 Å². The quantitative estimate of drug-likeness (QED) is 0.468. The second-order valence-corrected chi connectivity index (χ2v) is 8.06. The molecule has 0 spiro atoms. The number of phenolic OH excluding ortho intramolecular Hbond substituents is 2. The Morgan fingerprint density at radius 2 is 1.72 bits per heavy atom. The number of aromatic hydroxyl groups is 2. The van der Waals surface area contributed by atoms with Gasteiger partial charge in [-0.2, -0.15) is 0 Å². The van der Waals surface area contributed by atoms with Crippen molar-refractivity contribution in [3.63, 3.8) is 0 Å². The Kier molecular flexibility index (Phi) is 5.75. The minimum atomic E-state index is -0.756. The van der Waals surface area contributed by atoms with Gasteiger partial charge in [0.25, 0.3) is 0 Å². The van der Waals surface area contributed by atoms with Crippen molar-refractivity contribution in [1.82, 2.24) is 0 Å². The summed E-state index contributed by atoms with van der Waals surface area (Å²) in [5, 5.41) is 21.5. The average molecular weight is 440 g/mol. The molecule has 2 aliphatic rings. The van der Waals surface area contributed by atoms with Crippen molar-refractivity contribution in [1.29, 1.82) is 0 Å². The lowest BCUT2D eigenvalue weighted by Gasteiger charge is -2.35. The van der Waals surface area contributed by atoms with Crippen molar-refractivity contribution >= 4 is 17.5 Å². The van der Waals surface area contributed by atoms with E-state index in [1.165, 1.54) is 25.1 Å². The Bertz CT molecular complexity index is 1110. The van der Waals surface area contributed by atoms with Gasteiger partial charge in [-0.1, -0.05) is 24.3 Å². The van der Waals surface area contributed by atoms with Crippen LogP contribution in [-0.2, 0) is 19.0 Å². The molecular formula is C24H24O8. The van der Waals surface area contributed by atoms with Gasteiger partial charge in [0.2, 0.25) is 0 Å². The van der Waals surface area contributed by atoms with Gasteiger partial charge in [-0.25, -0.2) is 0 Å². The summed E-state index contributed by atoms with van der Waals surface area (Å²) in [6.45, 7) is 4.76. The zero-order valence-corrected chi connectivity index (χ0v) is 18.0. The summed E-state index contributed by atoms with van der Waals surface area (Å²) in [6.07, 6.45) is -1.15. The smallest absolute Gasteiger partial charge is 0.302 e. The van der Waals surface area contributed by atoms with E-state index in [0.29, 0.717) is 12.8 Å². The SMILES string of the molecule is CC(=O)O[C@@H]1CC[C@@H](O[C@@H](C)c2cc(O)c3c(c2O)C(=O)c2ccccc2C3=O)O[C@H]1C. The van der Waals surface area contributed by atoms with E-state index in [2.05, 4.69) is 0 Å². The third kappa shape index (κ3) is 3.76. The van der Waals surface area contributed by atoms with Crippen LogP contribution in [-0.4, -0.2) is 46.2 Å². The summed E-state index contributed by atoms with van der Waals surface area (Å²) in [6, 6.07) is 7.53. The standard InChI is InChI=1S/C24H24O8/c1-11(30-19-9-8-18(12(2)31-19)32-13(3)25)16-10-17(26)20-21(24(16)29)23(28)15-7-5-4-6-14(15)22(20)27/h4-7,10-12,18-19,26,29H,8-9H2,1-3H3/t11-,12-,18+,19-/m0/s1. The number of ether oxygens (including phenoxy) is 3. The Balaban J connectivity index is 1.59. The summed E-state index contributed by atoms with van der Waals surface area (Å²) in [5.41, 5.74) is 0.0797. The molecule has 0 bridgehead atoms. The summed E-state index contributed by atoms with van der Waals surface area (Å²) in [4.78, 5) is 37.1. The minimum absolute atomic E-state index is 0.167. The zero-order chi connectivity index (χ0) is 23.2. The van der Waals surface area contributed by atoms with Gasteiger partial charge in [0, 0.05) is 30.0 Å². The van der Waals surface area contributed by atoms with E-state index < -0.39 is 35.5 Å². The van der Waals surface area contributed by atoms with E-state index in [-0.39, 0.29) is 46.0 Å². The average Bonchev–Trinajstić information content (AvgIpc) is 2.75. The monoisotopic (exact) mass is 440 g/mol. The third-order valence-electron chi connectivity index (χ3n) is 5.87. The van der Waals surface area contributed by atoms with Crippen LogP contribution in [0.2, 0.25) is 0 Å². The fourth-order valence-corrected chi connectivity index (χ4v) is 4.29. The normalized spacial score (nSPS) is 23.3. The summed E-state index contributed by atoms with van der Waals surface area (Å²) >= 11 is 0. The lowest BCUT2D eigenvalue weighted by atomic mass is 9.81. The van der Waals surface area contributed by atoms with Crippen molar-refractivity contribution in [3.05, 3.63) is 58.1 Å². The number of phenols is 2. The van der Waals surface area contributed by atoms with Crippen LogP contribution in [0, 0.1) is 0 Å². The Morgan fingerprint density at radius 3 is 2.31 bits per heavy atom. The predicted octanol–water partition coefficient (Wildman–Crippen LogP) is 3.41. The van der Waals surface area contributed by atoms with Crippen LogP contribution in [0.1, 0.15) is 77.1 Å². The van der Waals surface area contributed by atoms with E-state index in [9.17, 15) is 24.6 Å². The number of carbonyl (C=O) groups excluding carboxylic acids is 3. The Morgan fingerprint density at radius 1 is 1.09 bits per heavy atom. The number of ketones is 2. The van der Waals surface area contributed by atoms with Gasteiger partial charge in [0.1, 0.15) is 17.6 Å². The molecule has 2 N–H and O–H groups in total. The van der Waals surface area contributed by atoms with Gasteiger partial charge in [-0.3, -0.25) is 14.4 Å². The molecule has 4 rings (SSSR count). The molecule has 32 heavy (non-hydrogen) atoms. The van der Waals surface area contributed by atoms with Crippen LogP contribution in [0.5, 0.6) is 11.5 Å². The number of carbonyl (C=O) groups is 3. The first-order chi connectivity index (χ1) is 15.2. The van der Waals surface area contributed by atoms with E-state index in [0.717, 1.165) is 0 Å². The molecule has 1 aliphatic heterocycles. The summed E-state index contributed by atoms with van der Waals surface area (Å²) in [5.74, 6) is -2.25. The summed E-state index contributed by atoms with van der Waals surface area (Å²) < 4.78 is 17.0. The van der Waals surface area contributed by atoms with Crippen LogP contribution in [0.4, 0.5) is 0 Å². The van der Waals surface area contributed by atoms with E-state index in [1.54, 1.807) is 26.0 Å². The molecular weight excluding hydrogens is 416 g/mol. The topological polar surface area (TPSA) is 119 Å². The largest absolute Gasteiger partial charge is 0.507 e. The fraction of sp³-hybridized carbons (Fsp3) is 0.375. The van der Waals surface area contributed by atoms with Crippen LogP contribution in [0.15, 0.2) is 30.3 Å². The molecule has 8 heteroatoms. The van der Waals surface area contributed by atoms with Gasteiger partial charge in [0.05, 0.1) is 23.3 Å². The van der Waals surface area contributed by atoms with Gasteiger partial charge in [-0.15, -0.1) is 0 Å². The van der Waals surface area contributed by atoms with Crippen LogP contribution in [0.3, 0.4) is 0 Å². The first kappa shape index (κ1) is 22.0. The van der Waals surface area contributed by atoms with Crippen molar-refractivity contribution in [2.75, 3.05) is 0 Å². The molecule has 0 amide bonds. The fourth-order valence-electron chi connectivity index (χ4n) is 4.29. The molecule has 4 atom stereocenters.